The summed E-state index contributed by atoms with van der Waals surface area (Å²) in [5, 5.41) is 10.6. The summed E-state index contributed by atoms with van der Waals surface area (Å²) in [6, 6.07) is 6.75. The van der Waals surface area contributed by atoms with Crippen molar-refractivity contribution in [2.45, 2.75) is 31.2 Å². The van der Waals surface area contributed by atoms with E-state index >= 15 is 0 Å². The maximum Gasteiger partial charge on any atom is 0.269 e. The average Bonchev–Trinajstić information content (AvgIpc) is 2.16. The standard InChI is InChI=1S/C11H14N2O2/c12-11(5-2-6-11)8-9-3-1-4-10(7-9)13(14)15/h1,3-4,7H,2,5-6,8,12H2. The lowest BCUT2D eigenvalue weighted by Gasteiger charge is -2.38. The molecule has 0 heterocycles. The highest BCUT2D eigenvalue weighted by atomic mass is 16.6. The Labute approximate surface area is 88.2 Å². The molecule has 4 heteroatoms. The Kier molecular flexibility index (Phi) is 2.44. The molecule has 2 N–H and O–H groups in total. The van der Waals surface area contributed by atoms with Crippen molar-refractivity contribution in [2.24, 2.45) is 5.73 Å². The fourth-order valence-electron chi connectivity index (χ4n) is 1.99. The molecule has 15 heavy (non-hydrogen) atoms. The Hall–Kier alpha value is -1.42. The molecule has 2 rings (SSSR count). The van der Waals surface area contributed by atoms with Crippen LogP contribution in [0.5, 0.6) is 0 Å². The van der Waals surface area contributed by atoms with Crippen molar-refractivity contribution < 1.29 is 4.92 Å². The van der Waals surface area contributed by atoms with Crippen molar-refractivity contribution in [3.8, 4) is 0 Å². The summed E-state index contributed by atoms with van der Waals surface area (Å²) >= 11 is 0. The van der Waals surface area contributed by atoms with Gasteiger partial charge >= 0.3 is 0 Å². The predicted molar refractivity (Wildman–Crippen MR) is 57.6 cm³/mol. The van der Waals surface area contributed by atoms with Gasteiger partial charge in [-0.05, 0) is 31.2 Å². The van der Waals surface area contributed by atoms with Gasteiger partial charge in [0, 0.05) is 17.7 Å². The first-order valence-electron chi connectivity index (χ1n) is 5.11. The highest BCUT2D eigenvalue weighted by Gasteiger charge is 2.32. The molecule has 0 spiro atoms. The van der Waals surface area contributed by atoms with Gasteiger partial charge in [0.15, 0.2) is 0 Å². The topological polar surface area (TPSA) is 69.2 Å². The number of nitro benzene ring substituents is 1. The van der Waals surface area contributed by atoms with Crippen LogP contribution in [0.25, 0.3) is 0 Å². The molecule has 0 aliphatic heterocycles. The van der Waals surface area contributed by atoms with Crippen LogP contribution in [-0.4, -0.2) is 10.5 Å². The average molecular weight is 206 g/mol. The van der Waals surface area contributed by atoms with Gasteiger partial charge in [0.1, 0.15) is 0 Å². The Bertz CT molecular complexity index is 386. The number of rotatable bonds is 3. The van der Waals surface area contributed by atoms with Gasteiger partial charge in [-0.3, -0.25) is 10.1 Å². The van der Waals surface area contributed by atoms with Crippen molar-refractivity contribution >= 4 is 5.69 Å². The lowest BCUT2D eigenvalue weighted by molar-refractivity contribution is -0.384. The van der Waals surface area contributed by atoms with Crippen LogP contribution in [0, 0.1) is 10.1 Å². The maximum atomic E-state index is 10.6. The Balaban J connectivity index is 2.14. The van der Waals surface area contributed by atoms with E-state index in [4.69, 9.17) is 5.73 Å². The van der Waals surface area contributed by atoms with E-state index in [9.17, 15) is 10.1 Å². The Morgan fingerprint density at radius 3 is 2.73 bits per heavy atom. The van der Waals surface area contributed by atoms with Crippen molar-refractivity contribution in [2.75, 3.05) is 0 Å². The molecule has 0 atom stereocenters. The largest absolute Gasteiger partial charge is 0.325 e. The second-order valence-corrected chi connectivity index (χ2v) is 4.32. The van der Waals surface area contributed by atoms with Crippen LogP contribution in [0.15, 0.2) is 24.3 Å². The van der Waals surface area contributed by atoms with Crippen molar-refractivity contribution in [3.63, 3.8) is 0 Å². The highest BCUT2D eigenvalue weighted by Crippen LogP contribution is 2.32. The minimum atomic E-state index is -0.368. The van der Waals surface area contributed by atoms with E-state index in [0.717, 1.165) is 24.8 Å². The number of benzene rings is 1. The smallest absolute Gasteiger partial charge is 0.269 e. The molecule has 0 saturated heterocycles. The van der Waals surface area contributed by atoms with Gasteiger partial charge in [0.2, 0.25) is 0 Å². The number of non-ortho nitro benzene ring substituents is 1. The molecule has 1 aromatic carbocycles. The quantitative estimate of drug-likeness (QED) is 0.607. The molecule has 1 fully saturated rings. The van der Waals surface area contributed by atoms with E-state index in [1.54, 1.807) is 12.1 Å². The first-order valence-corrected chi connectivity index (χ1v) is 5.11. The number of nitrogens with two attached hydrogens (primary N) is 1. The second kappa shape index (κ2) is 3.62. The third-order valence-corrected chi connectivity index (χ3v) is 3.03. The van der Waals surface area contributed by atoms with Crippen molar-refractivity contribution in [3.05, 3.63) is 39.9 Å². The molecular formula is C11H14N2O2. The van der Waals surface area contributed by atoms with Crippen molar-refractivity contribution in [1.29, 1.82) is 0 Å². The van der Waals surface area contributed by atoms with Gasteiger partial charge in [-0.15, -0.1) is 0 Å². The first-order chi connectivity index (χ1) is 7.09. The summed E-state index contributed by atoms with van der Waals surface area (Å²) < 4.78 is 0. The summed E-state index contributed by atoms with van der Waals surface area (Å²) in [6.07, 6.45) is 3.96. The molecule has 1 saturated carbocycles. The summed E-state index contributed by atoms with van der Waals surface area (Å²) in [5.41, 5.74) is 7.09. The zero-order chi connectivity index (χ0) is 10.9. The van der Waals surface area contributed by atoms with Crippen LogP contribution in [0.4, 0.5) is 5.69 Å². The molecular weight excluding hydrogens is 192 g/mol. The first kappa shape index (κ1) is 10.1. The van der Waals surface area contributed by atoms with Crippen LogP contribution < -0.4 is 5.73 Å². The van der Waals surface area contributed by atoms with Crippen molar-refractivity contribution in [1.82, 2.24) is 0 Å². The van der Waals surface area contributed by atoms with Crippen LogP contribution in [0.3, 0.4) is 0 Å². The third kappa shape index (κ3) is 2.15. The van der Waals surface area contributed by atoms with Crippen LogP contribution >= 0.6 is 0 Å². The lowest BCUT2D eigenvalue weighted by Crippen LogP contribution is -2.48. The summed E-state index contributed by atoms with van der Waals surface area (Å²) in [6.45, 7) is 0. The van der Waals surface area contributed by atoms with Gasteiger partial charge in [-0.1, -0.05) is 12.1 Å². The van der Waals surface area contributed by atoms with Gasteiger partial charge < -0.3 is 5.73 Å². The van der Waals surface area contributed by atoms with Crippen LogP contribution in [-0.2, 0) is 6.42 Å². The zero-order valence-electron chi connectivity index (χ0n) is 8.48. The summed E-state index contributed by atoms with van der Waals surface area (Å²) in [4.78, 5) is 10.2. The molecule has 0 unspecified atom stereocenters. The van der Waals surface area contributed by atoms with Crippen LogP contribution in [0.2, 0.25) is 0 Å². The normalized spacial score (nSPS) is 18.2. The Morgan fingerprint density at radius 1 is 1.47 bits per heavy atom. The fraction of sp³-hybridized carbons (Fsp3) is 0.455. The molecule has 80 valence electrons. The monoisotopic (exact) mass is 206 g/mol. The lowest BCUT2D eigenvalue weighted by atomic mass is 9.74. The van der Waals surface area contributed by atoms with Gasteiger partial charge in [-0.2, -0.15) is 0 Å². The van der Waals surface area contributed by atoms with E-state index in [-0.39, 0.29) is 16.1 Å². The minimum Gasteiger partial charge on any atom is -0.325 e. The summed E-state index contributed by atoms with van der Waals surface area (Å²) in [5.74, 6) is 0. The number of nitro groups is 1. The molecule has 0 aromatic heterocycles. The van der Waals surface area contributed by atoms with Crippen LogP contribution in [0.1, 0.15) is 24.8 Å². The van der Waals surface area contributed by atoms with Gasteiger partial charge in [-0.25, -0.2) is 0 Å². The summed E-state index contributed by atoms with van der Waals surface area (Å²) in [7, 11) is 0. The second-order valence-electron chi connectivity index (χ2n) is 4.32. The van der Waals surface area contributed by atoms with E-state index in [0.29, 0.717) is 0 Å². The molecule has 1 aliphatic carbocycles. The van der Waals surface area contributed by atoms with E-state index in [2.05, 4.69) is 0 Å². The predicted octanol–water partition coefficient (Wildman–Crippen LogP) is 2.02. The SMILES string of the molecule is NC1(Cc2cccc([N+](=O)[O-])c2)CCC1. The third-order valence-electron chi connectivity index (χ3n) is 3.03. The number of hydrogen-bond acceptors (Lipinski definition) is 3. The highest BCUT2D eigenvalue weighted by molar-refractivity contribution is 5.35. The number of nitrogens with zero attached hydrogens (tertiary/aromatic N) is 1. The number of hydrogen-bond donors (Lipinski definition) is 1. The fourth-order valence-corrected chi connectivity index (χ4v) is 1.99. The molecule has 1 aromatic rings. The molecule has 0 amide bonds. The maximum absolute atomic E-state index is 10.6. The zero-order valence-corrected chi connectivity index (χ0v) is 8.48. The molecule has 1 aliphatic rings. The molecule has 4 nitrogen and oxygen atoms in total. The van der Waals surface area contributed by atoms with Gasteiger partial charge in [0.05, 0.1) is 4.92 Å². The van der Waals surface area contributed by atoms with E-state index < -0.39 is 0 Å². The molecule has 0 bridgehead atoms. The molecule has 0 radical (unpaired) electrons. The Morgan fingerprint density at radius 2 is 2.20 bits per heavy atom. The minimum absolute atomic E-state index is 0.116. The van der Waals surface area contributed by atoms with E-state index in [1.165, 1.54) is 12.5 Å². The van der Waals surface area contributed by atoms with Gasteiger partial charge in [0.25, 0.3) is 5.69 Å². The van der Waals surface area contributed by atoms with E-state index in [1.807, 2.05) is 6.07 Å².